The van der Waals surface area contributed by atoms with Crippen LogP contribution in [0.4, 0.5) is 13.2 Å². The average molecular weight is 348 g/mol. The van der Waals surface area contributed by atoms with Crippen LogP contribution in [0.3, 0.4) is 0 Å². The van der Waals surface area contributed by atoms with Crippen molar-refractivity contribution in [3.8, 4) is 0 Å². The molecule has 1 aromatic carbocycles. The largest absolute Gasteiger partial charge is 0.416 e. The summed E-state index contributed by atoms with van der Waals surface area (Å²) >= 11 is 1.61. The number of halogens is 3. The van der Waals surface area contributed by atoms with Crippen LogP contribution in [0.1, 0.15) is 31.2 Å². The lowest BCUT2D eigenvalue weighted by Crippen LogP contribution is -2.23. The Balaban J connectivity index is 0.000000433. The van der Waals surface area contributed by atoms with Crippen molar-refractivity contribution in [3.05, 3.63) is 29.8 Å². The number of nitrogens with one attached hydrogen (secondary N) is 1. The second kappa shape index (κ2) is 8.03. The molecule has 1 aliphatic heterocycles. The van der Waals surface area contributed by atoms with E-state index in [-0.39, 0.29) is 6.41 Å². The van der Waals surface area contributed by atoms with E-state index in [2.05, 4.69) is 4.31 Å². The van der Waals surface area contributed by atoms with Gasteiger partial charge in [0.2, 0.25) is 6.41 Å². The van der Waals surface area contributed by atoms with Gasteiger partial charge < -0.3 is 0 Å². The van der Waals surface area contributed by atoms with Crippen LogP contribution in [-0.2, 0) is 11.0 Å². The molecule has 4 nitrogen and oxygen atoms in total. The first kappa shape index (κ1) is 18.1. The van der Waals surface area contributed by atoms with Crippen LogP contribution < -0.4 is 5.48 Å². The van der Waals surface area contributed by atoms with Gasteiger partial charge in [0.25, 0.3) is 0 Å². The molecule has 0 radical (unpaired) electrons. The topological polar surface area (TPSA) is 52.6 Å². The lowest BCUT2D eigenvalue weighted by atomic mass is 10.1. The summed E-state index contributed by atoms with van der Waals surface area (Å²) in [5.74, 6) is 0.807. The molecular formula is C15H19F3N2O2S. The van der Waals surface area contributed by atoms with Crippen LogP contribution in [0.15, 0.2) is 29.2 Å². The maximum absolute atomic E-state index is 12.5. The van der Waals surface area contributed by atoms with E-state index in [1.54, 1.807) is 24.1 Å². The minimum atomic E-state index is -4.24. The van der Waals surface area contributed by atoms with Crippen molar-refractivity contribution in [2.24, 2.45) is 5.92 Å². The molecule has 0 spiro atoms. The first-order valence-corrected chi connectivity index (χ1v) is 8.18. The van der Waals surface area contributed by atoms with Gasteiger partial charge in [-0.25, -0.2) is 9.79 Å². The second-order valence-corrected chi connectivity index (χ2v) is 6.67. The fourth-order valence-corrected chi connectivity index (χ4v) is 4.28. The summed E-state index contributed by atoms with van der Waals surface area (Å²) < 4.78 is 39.8. The lowest BCUT2D eigenvalue weighted by Gasteiger charge is -2.22. The molecule has 2 aliphatic rings. The van der Waals surface area contributed by atoms with Gasteiger partial charge in [-0.1, -0.05) is 6.42 Å². The molecule has 3 rings (SSSR count). The molecule has 1 aromatic rings. The van der Waals surface area contributed by atoms with Crippen LogP contribution in [-0.4, -0.2) is 28.5 Å². The van der Waals surface area contributed by atoms with Crippen molar-refractivity contribution in [1.29, 1.82) is 0 Å². The number of hydroxylamine groups is 1. The van der Waals surface area contributed by atoms with E-state index >= 15 is 0 Å². The summed E-state index contributed by atoms with van der Waals surface area (Å²) in [5.41, 5.74) is 0.678. The summed E-state index contributed by atoms with van der Waals surface area (Å²) in [6.45, 7) is 1.06. The molecule has 1 amide bonds. The van der Waals surface area contributed by atoms with Crippen LogP contribution in [0, 0.1) is 5.92 Å². The van der Waals surface area contributed by atoms with Crippen molar-refractivity contribution >= 4 is 18.4 Å². The number of carbonyl (C=O) groups is 1. The van der Waals surface area contributed by atoms with E-state index in [1.165, 1.54) is 43.3 Å². The van der Waals surface area contributed by atoms with E-state index in [0.717, 1.165) is 17.4 Å². The Bertz CT molecular complexity index is 510. The fourth-order valence-electron chi connectivity index (χ4n) is 3.15. The molecule has 2 N–H and O–H groups in total. The molecule has 1 heterocycles. The van der Waals surface area contributed by atoms with Crippen LogP contribution in [0.5, 0.6) is 0 Å². The zero-order valence-electron chi connectivity index (χ0n) is 12.4. The molecule has 2 fully saturated rings. The fraction of sp³-hybridized carbons (Fsp3) is 0.533. The maximum Gasteiger partial charge on any atom is 0.416 e. The van der Waals surface area contributed by atoms with Crippen LogP contribution in [0.25, 0.3) is 0 Å². The molecule has 23 heavy (non-hydrogen) atoms. The maximum atomic E-state index is 12.5. The summed E-state index contributed by atoms with van der Waals surface area (Å²) in [7, 11) is 0. The van der Waals surface area contributed by atoms with Gasteiger partial charge in [-0.2, -0.15) is 13.2 Å². The van der Waals surface area contributed by atoms with Gasteiger partial charge in [0.15, 0.2) is 0 Å². The SMILES string of the molecule is FC(F)(F)c1ccc(SN2CCC3CCCC32)cc1.O=CNO. The quantitative estimate of drug-likeness (QED) is 0.378. The Kier molecular flexibility index (Phi) is 6.32. The normalized spacial score (nSPS) is 23.8. The van der Waals surface area contributed by atoms with Crippen molar-refractivity contribution in [3.63, 3.8) is 0 Å². The third kappa shape index (κ3) is 4.86. The van der Waals surface area contributed by atoms with Crippen molar-refractivity contribution in [1.82, 2.24) is 9.79 Å². The van der Waals surface area contributed by atoms with E-state index < -0.39 is 11.7 Å². The molecule has 2 unspecified atom stereocenters. The zero-order valence-corrected chi connectivity index (χ0v) is 13.2. The molecule has 8 heteroatoms. The van der Waals surface area contributed by atoms with Gasteiger partial charge in [-0.3, -0.25) is 10.0 Å². The third-order valence-electron chi connectivity index (χ3n) is 4.17. The summed E-state index contributed by atoms with van der Waals surface area (Å²) in [5, 5.41) is 7.26. The zero-order chi connectivity index (χ0) is 16.9. The van der Waals surface area contributed by atoms with Crippen LogP contribution >= 0.6 is 11.9 Å². The van der Waals surface area contributed by atoms with E-state index in [9.17, 15) is 13.2 Å². The average Bonchev–Trinajstić information content (AvgIpc) is 3.12. The number of hydrogen-bond donors (Lipinski definition) is 2. The molecule has 0 aromatic heterocycles. The first-order chi connectivity index (χ1) is 11.0. The predicted molar refractivity (Wildman–Crippen MR) is 80.7 cm³/mol. The Morgan fingerprint density at radius 1 is 1.22 bits per heavy atom. The van der Waals surface area contributed by atoms with Crippen LogP contribution in [0.2, 0.25) is 0 Å². The van der Waals surface area contributed by atoms with Gasteiger partial charge in [0.1, 0.15) is 0 Å². The number of nitrogens with zero attached hydrogens (tertiary/aromatic N) is 1. The third-order valence-corrected chi connectivity index (χ3v) is 5.34. The molecule has 1 aliphatic carbocycles. The highest BCUT2D eigenvalue weighted by molar-refractivity contribution is 7.97. The van der Waals surface area contributed by atoms with Crippen molar-refractivity contribution in [2.75, 3.05) is 6.54 Å². The minimum absolute atomic E-state index is 0.181. The Morgan fingerprint density at radius 3 is 2.43 bits per heavy atom. The number of amides is 1. The monoisotopic (exact) mass is 348 g/mol. The molecule has 2 atom stereocenters. The van der Waals surface area contributed by atoms with Gasteiger partial charge >= 0.3 is 6.18 Å². The summed E-state index contributed by atoms with van der Waals surface area (Å²) in [6.07, 6.45) is 1.01. The van der Waals surface area contributed by atoms with Gasteiger partial charge in [0, 0.05) is 17.5 Å². The molecule has 1 saturated carbocycles. The second-order valence-electron chi connectivity index (χ2n) is 5.55. The minimum Gasteiger partial charge on any atom is -0.289 e. The highest BCUT2D eigenvalue weighted by atomic mass is 32.2. The van der Waals surface area contributed by atoms with Gasteiger partial charge in [-0.05, 0) is 61.4 Å². The standard InChI is InChI=1S/C14H16F3NS.CH3NO2/c15-14(16,17)11-4-6-12(7-5-11)19-18-9-8-10-2-1-3-13(10)18;3-1-2-4/h4-7,10,13H,1-3,8-9H2;1,4H,(H,2,3). The highest BCUT2D eigenvalue weighted by Gasteiger charge is 2.38. The smallest absolute Gasteiger partial charge is 0.289 e. The van der Waals surface area contributed by atoms with Crippen molar-refractivity contribution in [2.45, 2.75) is 42.8 Å². The molecule has 1 saturated heterocycles. The Morgan fingerprint density at radius 2 is 1.87 bits per heavy atom. The summed E-state index contributed by atoms with van der Waals surface area (Å²) in [4.78, 5) is 9.72. The van der Waals surface area contributed by atoms with Gasteiger partial charge in [-0.15, -0.1) is 0 Å². The van der Waals surface area contributed by atoms with E-state index in [0.29, 0.717) is 6.04 Å². The van der Waals surface area contributed by atoms with E-state index in [1.807, 2.05) is 0 Å². The summed E-state index contributed by atoms with van der Waals surface area (Å²) in [6, 6.07) is 6.13. The Labute approximate surface area is 137 Å². The molecular weight excluding hydrogens is 329 g/mol. The lowest BCUT2D eigenvalue weighted by molar-refractivity contribution is -0.137. The Hall–Kier alpha value is -1.25. The molecule has 128 valence electrons. The number of hydrogen-bond acceptors (Lipinski definition) is 4. The first-order valence-electron chi connectivity index (χ1n) is 7.41. The highest BCUT2D eigenvalue weighted by Crippen LogP contribution is 2.43. The number of benzene rings is 1. The van der Waals surface area contributed by atoms with E-state index in [4.69, 9.17) is 10.0 Å². The number of alkyl halides is 3. The number of rotatable bonds is 3. The van der Waals surface area contributed by atoms with Gasteiger partial charge in [0.05, 0.1) is 5.56 Å². The number of fused-ring (bicyclic) bond motifs is 1. The molecule has 0 bridgehead atoms. The number of carbonyl (C=O) groups excluding carboxylic acids is 1. The van der Waals surface area contributed by atoms with Crippen molar-refractivity contribution < 1.29 is 23.2 Å². The predicted octanol–water partition coefficient (Wildman–Crippen LogP) is 3.71.